The molecule has 2 heterocycles. The molecule has 15 heavy (non-hydrogen) atoms. The highest BCUT2D eigenvalue weighted by atomic mass is 79.9. The maximum Gasteiger partial charge on any atom is 0.0664 e. The molecule has 0 atom stereocenters. The van der Waals surface area contributed by atoms with Gasteiger partial charge in [0.25, 0.3) is 0 Å². The minimum absolute atomic E-state index is 0.857. The fourth-order valence-electron chi connectivity index (χ4n) is 1.34. The van der Waals surface area contributed by atoms with Crippen LogP contribution in [0.3, 0.4) is 0 Å². The number of pyridine rings is 1. The summed E-state index contributed by atoms with van der Waals surface area (Å²) in [5.41, 5.74) is 2.02. The Morgan fingerprint density at radius 2 is 2.27 bits per heavy atom. The second kappa shape index (κ2) is 4.82. The van der Waals surface area contributed by atoms with E-state index in [1.54, 1.807) is 12.4 Å². The lowest BCUT2D eigenvalue weighted by Crippen LogP contribution is -1.76. The van der Waals surface area contributed by atoms with Crippen LogP contribution in [0, 0.1) is 11.8 Å². The van der Waals surface area contributed by atoms with Crippen LogP contribution in [0.1, 0.15) is 12.0 Å². The lowest BCUT2D eigenvalue weighted by molar-refractivity contribution is 1.32. The smallest absolute Gasteiger partial charge is 0.0664 e. The molecule has 2 rings (SSSR count). The fraction of sp³-hybridized carbons (Fsp3) is 0.182. The number of fused-ring (bicyclic) bond motifs is 1. The van der Waals surface area contributed by atoms with Crippen molar-refractivity contribution in [3.05, 3.63) is 28.6 Å². The highest BCUT2D eigenvalue weighted by Crippen LogP contribution is 2.25. The van der Waals surface area contributed by atoms with Crippen LogP contribution in [0.15, 0.2) is 23.1 Å². The molecule has 0 saturated carbocycles. The van der Waals surface area contributed by atoms with Gasteiger partial charge in [-0.25, -0.2) is 0 Å². The van der Waals surface area contributed by atoms with E-state index in [1.807, 2.05) is 6.20 Å². The lowest BCUT2D eigenvalue weighted by atomic mass is 10.2. The van der Waals surface area contributed by atoms with Gasteiger partial charge in [-0.15, -0.1) is 0 Å². The topological polar surface area (TPSA) is 28.7 Å². The zero-order valence-electron chi connectivity index (χ0n) is 7.85. The third kappa shape index (κ3) is 2.24. The van der Waals surface area contributed by atoms with Crippen LogP contribution in [0.5, 0.6) is 0 Å². The predicted molar refractivity (Wildman–Crippen MR) is 69.1 cm³/mol. The molecule has 0 aliphatic rings. The van der Waals surface area contributed by atoms with Crippen molar-refractivity contribution in [1.82, 2.24) is 9.97 Å². The maximum absolute atomic E-state index is 4.09. The number of hydrogen-bond acceptors (Lipinski definition) is 1. The molecule has 0 aromatic carbocycles. The van der Waals surface area contributed by atoms with E-state index in [-0.39, 0.29) is 0 Å². The summed E-state index contributed by atoms with van der Waals surface area (Å²) in [6.45, 7) is 0. The van der Waals surface area contributed by atoms with Crippen LogP contribution in [-0.4, -0.2) is 15.3 Å². The van der Waals surface area contributed by atoms with Crippen molar-refractivity contribution in [3.63, 3.8) is 0 Å². The molecular weight excluding hydrogens is 320 g/mol. The van der Waals surface area contributed by atoms with E-state index in [2.05, 4.69) is 53.7 Å². The standard InChI is InChI=1S/C11H8Br2N2/c12-4-2-1-3-8-5-15-10-7-14-6-9(13)11(8)10/h5-7,15H,2,4H2. The van der Waals surface area contributed by atoms with E-state index < -0.39 is 0 Å². The average Bonchev–Trinajstić information content (AvgIpc) is 2.63. The Labute approximate surface area is 105 Å². The molecule has 0 radical (unpaired) electrons. The second-order valence-electron chi connectivity index (χ2n) is 2.99. The summed E-state index contributed by atoms with van der Waals surface area (Å²) in [4.78, 5) is 7.24. The fourth-order valence-corrected chi connectivity index (χ4v) is 2.09. The third-order valence-electron chi connectivity index (χ3n) is 1.98. The summed E-state index contributed by atoms with van der Waals surface area (Å²) in [7, 11) is 0. The number of nitrogens with zero attached hydrogens (tertiary/aromatic N) is 1. The number of aromatic nitrogens is 2. The van der Waals surface area contributed by atoms with Gasteiger partial charge >= 0.3 is 0 Å². The van der Waals surface area contributed by atoms with Crippen molar-refractivity contribution < 1.29 is 0 Å². The normalized spacial score (nSPS) is 10.0. The maximum atomic E-state index is 4.09. The summed E-state index contributed by atoms with van der Waals surface area (Å²) in [6, 6.07) is 0. The summed E-state index contributed by atoms with van der Waals surface area (Å²) in [6.07, 6.45) is 6.36. The Morgan fingerprint density at radius 1 is 1.40 bits per heavy atom. The highest BCUT2D eigenvalue weighted by Gasteiger charge is 2.04. The molecule has 0 spiro atoms. The molecule has 76 valence electrons. The highest BCUT2D eigenvalue weighted by molar-refractivity contribution is 9.10. The number of rotatable bonds is 1. The van der Waals surface area contributed by atoms with Crippen LogP contribution in [0.25, 0.3) is 10.9 Å². The molecule has 0 aliphatic carbocycles. The van der Waals surface area contributed by atoms with Crippen LogP contribution in [0.4, 0.5) is 0 Å². The Hall–Kier alpha value is -0.790. The van der Waals surface area contributed by atoms with Crippen molar-refractivity contribution in [3.8, 4) is 11.8 Å². The SMILES string of the molecule is BrCCC#Cc1c[nH]c2cncc(Br)c12. The van der Waals surface area contributed by atoms with Crippen LogP contribution in [0.2, 0.25) is 0 Å². The first-order valence-corrected chi connectivity index (χ1v) is 6.40. The van der Waals surface area contributed by atoms with Gasteiger partial charge in [0.2, 0.25) is 0 Å². The van der Waals surface area contributed by atoms with Gasteiger partial charge in [-0.1, -0.05) is 27.8 Å². The Balaban J connectivity index is 2.50. The Kier molecular flexibility index (Phi) is 3.45. The first-order valence-electron chi connectivity index (χ1n) is 4.48. The van der Waals surface area contributed by atoms with Crippen molar-refractivity contribution in [2.24, 2.45) is 0 Å². The van der Waals surface area contributed by atoms with Gasteiger partial charge in [-0.2, -0.15) is 0 Å². The summed E-state index contributed by atoms with van der Waals surface area (Å²) in [5.74, 6) is 6.24. The number of halogens is 2. The molecule has 2 aromatic heterocycles. The summed E-state index contributed by atoms with van der Waals surface area (Å²) < 4.78 is 0.976. The van der Waals surface area contributed by atoms with Crippen molar-refractivity contribution >= 4 is 42.8 Å². The van der Waals surface area contributed by atoms with E-state index in [9.17, 15) is 0 Å². The minimum Gasteiger partial charge on any atom is -0.359 e. The quantitative estimate of drug-likeness (QED) is 0.630. The van der Waals surface area contributed by atoms with Gasteiger partial charge in [0.05, 0.1) is 17.3 Å². The van der Waals surface area contributed by atoms with Crippen LogP contribution in [-0.2, 0) is 0 Å². The lowest BCUT2D eigenvalue weighted by Gasteiger charge is -1.93. The zero-order chi connectivity index (χ0) is 10.7. The van der Waals surface area contributed by atoms with Crippen molar-refractivity contribution in [2.45, 2.75) is 6.42 Å². The number of hydrogen-bond donors (Lipinski definition) is 1. The van der Waals surface area contributed by atoms with E-state index in [0.717, 1.165) is 32.7 Å². The molecule has 0 bridgehead atoms. The number of alkyl halides is 1. The van der Waals surface area contributed by atoms with Crippen molar-refractivity contribution in [1.29, 1.82) is 0 Å². The van der Waals surface area contributed by atoms with Crippen molar-refractivity contribution in [2.75, 3.05) is 5.33 Å². The number of H-pyrrole nitrogens is 1. The number of aromatic amines is 1. The van der Waals surface area contributed by atoms with Gasteiger partial charge in [0.15, 0.2) is 0 Å². The van der Waals surface area contributed by atoms with Crippen LogP contribution < -0.4 is 0 Å². The molecule has 0 amide bonds. The summed E-state index contributed by atoms with van der Waals surface area (Å²) in [5, 5.41) is 2.01. The molecular formula is C11H8Br2N2. The predicted octanol–water partition coefficient (Wildman–Crippen LogP) is 3.46. The monoisotopic (exact) mass is 326 g/mol. The molecule has 2 nitrogen and oxygen atoms in total. The minimum atomic E-state index is 0.857. The van der Waals surface area contributed by atoms with Crippen LogP contribution >= 0.6 is 31.9 Å². The van der Waals surface area contributed by atoms with E-state index in [0.29, 0.717) is 0 Å². The molecule has 2 aromatic rings. The second-order valence-corrected chi connectivity index (χ2v) is 4.63. The third-order valence-corrected chi connectivity index (χ3v) is 2.98. The zero-order valence-corrected chi connectivity index (χ0v) is 11.0. The molecule has 1 N–H and O–H groups in total. The average molecular weight is 328 g/mol. The number of nitrogens with one attached hydrogen (secondary N) is 1. The van der Waals surface area contributed by atoms with Gasteiger partial charge < -0.3 is 4.98 Å². The first-order chi connectivity index (χ1) is 7.33. The molecule has 0 aliphatic heterocycles. The van der Waals surface area contributed by atoms with E-state index in [1.165, 1.54) is 0 Å². The molecule has 0 fully saturated rings. The summed E-state index contributed by atoms with van der Waals surface area (Å²) >= 11 is 6.82. The van der Waals surface area contributed by atoms with Gasteiger partial charge in [0.1, 0.15) is 0 Å². The Bertz CT molecular complexity index is 534. The molecule has 0 unspecified atom stereocenters. The van der Waals surface area contributed by atoms with E-state index >= 15 is 0 Å². The van der Waals surface area contributed by atoms with E-state index in [4.69, 9.17) is 0 Å². The van der Waals surface area contributed by atoms with Gasteiger partial charge in [0, 0.05) is 34.0 Å². The van der Waals surface area contributed by atoms with Gasteiger partial charge in [-0.3, -0.25) is 4.98 Å². The molecule has 0 saturated heterocycles. The molecule has 4 heteroatoms. The first kappa shape index (κ1) is 10.7. The Morgan fingerprint density at radius 3 is 3.07 bits per heavy atom. The largest absolute Gasteiger partial charge is 0.359 e. The van der Waals surface area contributed by atoms with Gasteiger partial charge in [-0.05, 0) is 15.9 Å².